The second kappa shape index (κ2) is 4.46. The molecule has 0 aromatic rings. The van der Waals surface area contributed by atoms with Crippen molar-refractivity contribution in [1.82, 2.24) is 5.32 Å². The Bertz CT molecular complexity index is 378. The fourth-order valence-corrected chi connectivity index (χ4v) is 2.39. The molecule has 0 bridgehead atoms. The van der Waals surface area contributed by atoms with Gasteiger partial charge in [0.05, 0.1) is 0 Å². The summed E-state index contributed by atoms with van der Waals surface area (Å²) in [6.07, 6.45) is -0.488. The number of amides is 1. The number of carbonyl (C=O) groups excluding carboxylic acids is 1. The number of carboxylic acid groups (broad SMARTS) is 1. The van der Waals surface area contributed by atoms with Crippen LogP contribution in [0.25, 0.3) is 0 Å². The van der Waals surface area contributed by atoms with Crippen molar-refractivity contribution in [3.05, 3.63) is 0 Å². The monoisotopic (exact) mass is 297 g/mol. The summed E-state index contributed by atoms with van der Waals surface area (Å²) in [6.45, 7) is 6.44. The fraction of sp³-hybridized carbons (Fsp3) is 0.818. The van der Waals surface area contributed by atoms with Crippen LogP contribution < -0.4 is 5.32 Å². The summed E-state index contributed by atoms with van der Waals surface area (Å²) in [5, 5.41) is 11.6. The van der Waals surface area contributed by atoms with Crippen LogP contribution in [-0.2, 0) is 9.53 Å². The van der Waals surface area contributed by atoms with E-state index in [1.807, 2.05) is 0 Å². The summed E-state index contributed by atoms with van der Waals surface area (Å²) in [5.41, 5.74) is -2.24. The van der Waals surface area contributed by atoms with Crippen LogP contribution in [0.1, 0.15) is 34.1 Å². The van der Waals surface area contributed by atoms with Gasteiger partial charge in [0.2, 0.25) is 0 Å². The first kappa shape index (κ1) is 15.4. The third-order valence-electron chi connectivity index (χ3n) is 2.73. The van der Waals surface area contributed by atoms with Crippen molar-refractivity contribution in [1.29, 1.82) is 0 Å². The number of alkyl halides is 2. The summed E-state index contributed by atoms with van der Waals surface area (Å²) < 4.78 is 3.92. The van der Waals surface area contributed by atoms with E-state index in [0.717, 1.165) is 0 Å². The van der Waals surface area contributed by atoms with Crippen molar-refractivity contribution >= 4 is 35.3 Å². The van der Waals surface area contributed by atoms with Crippen LogP contribution in [0.5, 0.6) is 0 Å². The van der Waals surface area contributed by atoms with E-state index in [9.17, 15) is 14.7 Å². The van der Waals surface area contributed by atoms with Gasteiger partial charge >= 0.3 is 12.1 Å². The van der Waals surface area contributed by atoms with Gasteiger partial charge in [-0.25, -0.2) is 9.59 Å². The molecule has 1 fully saturated rings. The minimum absolute atomic E-state index is 0.314. The summed E-state index contributed by atoms with van der Waals surface area (Å²) >= 11 is 11.7. The lowest BCUT2D eigenvalue weighted by Crippen LogP contribution is -2.56. The number of ether oxygens (including phenoxy) is 1. The highest BCUT2D eigenvalue weighted by atomic mass is 35.5. The SMILES string of the molecule is CC(C)(C)OC(=O)NC(C)(C(=O)O)C1CC1(Cl)Cl. The summed E-state index contributed by atoms with van der Waals surface area (Å²) in [6, 6.07) is 0. The molecule has 1 aliphatic carbocycles. The van der Waals surface area contributed by atoms with E-state index in [4.69, 9.17) is 27.9 Å². The second-order valence-electron chi connectivity index (χ2n) is 5.65. The van der Waals surface area contributed by atoms with E-state index < -0.39 is 33.5 Å². The average Bonchev–Trinajstić information content (AvgIpc) is 2.71. The molecule has 1 amide bonds. The molecule has 0 heterocycles. The van der Waals surface area contributed by atoms with Crippen LogP contribution in [0, 0.1) is 5.92 Å². The lowest BCUT2D eigenvalue weighted by atomic mass is 9.96. The molecule has 0 saturated heterocycles. The van der Waals surface area contributed by atoms with E-state index in [-0.39, 0.29) is 0 Å². The Balaban J connectivity index is 2.77. The third-order valence-corrected chi connectivity index (χ3v) is 3.56. The molecular weight excluding hydrogens is 281 g/mol. The number of halogens is 2. The number of carboxylic acids is 1. The zero-order chi connectivity index (χ0) is 14.4. The van der Waals surface area contributed by atoms with Crippen molar-refractivity contribution in [2.75, 3.05) is 0 Å². The highest BCUT2D eigenvalue weighted by Gasteiger charge is 2.64. The van der Waals surface area contributed by atoms with Crippen LogP contribution in [0.4, 0.5) is 4.79 Å². The van der Waals surface area contributed by atoms with Crippen molar-refractivity contribution < 1.29 is 19.4 Å². The topological polar surface area (TPSA) is 75.6 Å². The predicted molar refractivity (Wildman–Crippen MR) is 68.0 cm³/mol. The molecule has 2 atom stereocenters. The fourth-order valence-electron chi connectivity index (χ4n) is 1.64. The number of nitrogens with one attached hydrogen (secondary N) is 1. The summed E-state index contributed by atoms with van der Waals surface area (Å²) in [4.78, 5) is 22.9. The molecule has 18 heavy (non-hydrogen) atoms. The first-order valence-corrected chi connectivity index (χ1v) is 6.26. The maximum absolute atomic E-state index is 11.6. The maximum Gasteiger partial charge on any atom is 0.408 e. The molecule has 104 valence electrons. The molecule has 1 aliphatic rings. The number of carbonyl (C=O) groups is 2. The zero-order valence-corrected chi connectivity index (χ0v) is 12.2. The molecule has 2 unspecified atom stereocenters. The molecule has 0 aromatic carbocycles. The largest absolute Gasteiger partial charge is 0.480 e. The van der Waals surface area contributed by atoms with E-state index in [0.29, 0.717) is 6.42 Å². The van der Waals surface area contributed by atoms with Crippen molar-refractivity contribution in [3.63, 3.8) is 0 Å². The third kappa shape index (κ3) is 3.42. The molecule has 1 saturated carbocycles. The standard InChI is InChI=1S/C11H17Cl2NO4/c1-9(2,3)18-8(17)14-10(4,7(15)16)6-5-11(6,12)13/h6H,5H2,1-4H3,(H,14,17)(H,15,16). The number of hydrogen-bond donors (Lipinski definition) is 2. The molecular formula is C11H17Cl2NO4. The van der Waals surface area contributed by atoms with E-state index in [1.54, 1.807) is 20.8 Å². The average molecular weight is 298 g/mol. The van der Waals surface area contributed by atoms with Crippen molar-refractivity contribution in [2.24, 2.45) is 5.92 Å². The molecule has 0 spiro atoms. The molecule has 0 aliphatic heterocycles. The Morgan fingerprint density at radius 2 is 1.78 bits per heavy atom. The van der Waals surface area contributed by atoms with Gasteiger partial charge in [0.1, 0.15) is 15.5 Å². The first-order chi connectivity index (χ1) is 7.88. The number of alkyl carbamates (subject to hydrolysis) is 1. The highest BCUT2D eigenvalue weighted by molar-refractivity contribution is 6.51. The maximum atomic E-state index is 11.6. The van der Waals surface area contributed by atoms with Gasteiger partial charge in [0.25, 0.3) is 0 Å². The van der Waals surface area contributed by atoms with Gasteiger partial charge in [-0.05, 0) is 34.1 Å². The lowest BCUT2D eigenvalue weighted by molar-refractivity contribution is -0.145. The lowest BCUT2D eigenvalue weighted by Gasteiger charge is -2.29. The molecule has 2 N–H and O–H groups in total. The first-order valence-electron chi connectivity index (χ1n) is 5.51. The Kier molecular flexibility index (Phi) is 3.81. The van der Waals surface area contributed by atoms with Crippen LogP contribution in [-0.4, -0.2) is 32.6 Å². The number of aliphatic carboxylic acids is 1. The van der Waals surface area contributed by atoms with Crippen LogP contribution in [0.2, 0.25) is 0 Å². The van der Waals surface area contributed by atoms with Crippen LogP contribution >= 0.6 is 23.2 Å². The zero-order valence-electron chi connectivity index (χ0n) is 10.7. The van der Waals surface area contributed by atoms with Crippen LogP contribution in [0.15, 0.2) is 0 Å². The molecule has 7 heteroatoms. The van der Waals surface area contributed by atoms with Gasteiger partial charge in [-0.1, -0.05) is 0 Å². The Hall–Kier alpha value is -0.680. The van der Waals surface area contributed by atoms with Gasteiger partial charge < -0.3 is 15.2 Å². The van der Waals surface area contributed by atoms with Gasteiger partial charge in [-0.15, -0.1) is 23.2 Å². The van der Waals surface area contributed by atoms with Crippen molar-refractivity contribution in [2.45, 2.75) is 49.6 Å². The Labute approximate surface area is 116 Å². The summed E-state index contributed by atoms with van der Waals surface area (Å²) in [5.74, 6) is -1.74. The van der Waals surface area contributed by atoms with Gasteiger partial charge in [-0.2, -0.15) is 0 Å². The normalized spacial score (nSPS) is 24.9. The molecule has 5 nitrogen and oxygen atoms in total. The Morgan fingerprint density at radius 1 is 1.33 bits per heavy atom. The van der Waals surface area contributed by atoms with Gasteiger partial charge in [0.15, 0.2) is 0 Å². The molecule has 0 radical (unpaired) electrons. The smallest absolute Gasteiger partial charge is 0.408 e. The predicted octanol–water partition coefficient (Wildman–Crippen LogP) is 2.55. The molecule has 0 aromatic heterocycles. The van der Waals surface area contributed by atoms with Crippen LogP contribution in [0.3, 0.4) is 0 Å². The second-order valence-corrected chi connectivity index (χ2v) is 7.19. The highest BCUT2D eigenvalue weighted by Crippen LogP contribution is 2.58. The number of hydrogen-bond acceptors (Lipinski definition) is 3. The minimum atomic E-state index is -1.54. The Morgan fingerprint density at radius 3 is 2.06 bits per heavy atom. The number of rotatable bonds is 3. The summed E-state index contributed by atoms with van der Waals surface area (Å²) in [7, 11) is 0. The van der Waals surface area contributed by atoms with Gasteiger partial charge in [-0.3, -0.25) is 0 Å². The van der Waals surface area contributed by atoms with E-state index in [2.05, 4.69) is 5.32 Å². The minimum Gasteiger partial charge on any atom is -0.480 e. The molecule has 1 rings (SSSR count). The quantitative estimate of drug-likeness (QED) is 0.785. The van der Waals surface area contributed by atoms with Crippen molar-refractivity contribution in [3.8, 4) is 0 Å². The van der Waals surface area contributed by atoms with E-state index >= 15 is 0 Å². The van der Waals surface area contributed by atoms with Gasteiger partial charge in [0, 0.05) is 5.92 Å². The van der Waals surface area contributed by atoms with E-state index in [1.165, 1.54) is 6.92 Å².